The fourth-order valence-electron chi connectivity index (χ4n) is 4.02. The van der Waals surface area contributed by atoms with Crippen LogP contribution in [-0.2, 0) is 24.2 Å². The van der Waals surface area contributed by atoms with Gasteiger partial charge in [0.15, 0.2) is 5.65 Å². The van der Waals surface area contributed by atoms with Crippen LogP contribution in [0.15, 0.2) is 60.9 Å². The number of aromatic amines is 1. The summed E-state index contributed by atoms with van der Waals surface area (Å²) in [7, 11) is 0. The number of rotatable bonds is 4. The van der Waals surface area contributed by atoms with Crippen molar-refractivity contribution in [1.29, 1.82) is 0 Å². The molecule has 0 radical (unpaired) electrons. The summed E-state index contributed by atoms with van der Waals surface area (Å²) in [6, 6.07) is 20.2. The molecule has 1 aliphatic rings. The largest absolute Gasteiger partial charge is 0.446 e. The van der Waals surface area contributed by atoms with Gasteiger partial charge in [-0.15, -0.1) is 0 Å². The third kappa shape index (κ3) is 5.64. The lowest BCUT2D eigenvalue weighted by atomic mass is 10.0. The van der Waals surface area contributed by atoms with Gasteiger partial charge >= 0.3 is 6.18 Å². The molecule has 0 aliphatic heterocycles. The van der Waals surface area contributed by atoms with Gasteiger partial charge < -0.3 is 10.3 Å². The molecule has 33 heavy (non-hydrogen) atoms. The van der Waals surface area contributed by atoms with E-state index in [4.69, 9.17) is 4.79 Å². The Labute approximate surface area is 189 Å². The molecule has 2 aromatic heterocycles. The summed E-state index contributed by atoms with van der Waals surface area (Å²) in [5, 5.41) is 3.71. The minimum absolute atomic E-state index is 0.538. The van der Waals surface area contributed by atoms with E-state index in [9.17, 15) is 13.2 Å². The Kier molecular flexibility index (Phi) is 6.55. The Balaban J connectivity index is 0.000000385. The molecule has 0 fully saturated rings. The average molecular weight is 452 g/mol. The molecule has 5 rings (SSSR count). The maximum Gasteiger partial charge on any atom is 0.446 e. The molecule has 0 bridgehead atoms. The van der Waals surface area contributed by atoms with Crippen molar-refractivity contribution in [2.24, 2.45) is 0 Å². The zero-order chi connectivity index (χ0) is 23.4. The number of H-pyrrole nitrogens is 1. The normalized spacial score (nSPS) is 13.5. The van der Waals surface area contributed by atoms with Crippen molar-refractivity contribution in [2.75, 3.05) is 0 Å². The highest BCUT2D eigenvalue weighted by atomic mass is 19.4. The number of aryl methyl sites for hydroxylation is 1. The van der Waals surface area contributed by atoms with Crippen molar-refractivity contribution in [3.05, 3.63) is 83.3 Å². The van der Waals surface area contributed by atoms with E-state index in [1.54, 1.807) is 6.33 Å². The van der Waals surface area contributed by atoms with Crippen molar-refractivity contribution in [3.63, 3.8) is 0 Å². The first-order valence-electron chi connectivity index (χ1n) is 10.6. The van der Waals surface area contributed by atoms with Gasteiger partial charge in [-0.1, -0.05) is 48.5 Å². The van der Waals surface area contributed by atoms with E-state index in [1.807, 2.05) is 6.92 Å². The molecule has 0 amide bonds. The summed E-state index contributed by atoms with van der Waals surface area (Å²) in [6.07, 6.45) is -1.75. The SMILES string of the molecule is Cc1nc2nc[nH]c2cc1-c1ccc(CNC2Cc3ccccc3C2)cc1.O=CC(F)(F)F. The fraction of sp³-hybridized carbons (Fsp3) is 0.240. The van der Waals surface area contributed by atoms with E-state index in [0.717, 1.165) is 41.8 Å². The van der Waals surface area contributed by atoms with E-state index in [2.05, 4.69) is 74.9 Å². The lowest BCUT2D eigenvalue weighted by Gasteiger charge is -2.12. The Morgan fingerprint density at radius 1 is 1.09 bits per heavy atom. The predicted octanol–water partition coefficient (Wildman–Crippen LogP) is 4.94. The van der Waals surface area contributed by atoms with Gasteiger partial charge in [-0.25, -0.2) is 9.97 Å². The Morgan fingerprint density at radius 3 is 2.33 bits per heavy atom. The van der Waals surface area contributed by atoms with Crippen molar-refractivity contribution in [2.45, 2.75) is 38.5 Å². The van der Waals surface area contributed by atoms with E-state index in [-0.39, 0.29) is 0 Å². The van der Waals surface area contributed by atoms with Crippen LogP contribution in [0.4, 0.5) is 13.2 Å². The zero-order valence-corrected chi connectivity index (χ0v) is 18.0. The fourth-order valence-corrected chi connectivity index (χ4v) is 4.02. The zero-order valence-electron chi connectivity index (χ0n) is 18.0. The summed E-state index contributed by atoms with van der Waals surface area (Å²) in [6.45, 7) is 2.94. The van der Waals surface area contributed by atoms with Crippen LogP contribution in [-0.4, -0.2) is 33.5 Å². The van der Waals surface area contributed by atoms with Crippen LogP contribution in [0, 0.1) is 6.92 Å². The van der Waals surface area contributed by atoms with Crippen LogP contribution in [0.3, 0.4) is 0 Å². The minimum Gasteiger partial charge on any atom is -0.343 e. The van der Waals surface area contributed by atoms with Gasteiger partial charge in [0.25, 0.3) is 0 Å². The number of aromatic nitrogens is 3. The number of benzene rings is 2. The predicted molar refractivity (Wildman–Crippen MR) is 121 cm³/mol. The number of fused-ring (bicyclic) bond motifs is 2. The molecule has 4 aromatic rings. The van der Waals surface area contributed by atoms with Gasteiger partial charge in [-0.2, -0.15) is 13.2 Å². The molecule has 1 aliphatic carbocycles. The molecule has 8 heteroatoms. The van der Waals surface area contributed by atoms with Crippen LogP contribution >= 0.6 is 0 Å². The van der Waals surface area contributed by atoms with Crippen LogP contribution in [0.5, 0.6) is 0 Å². The maximum atomic E-state index is 10.4. The number of alkyl halides is 3. The van der Waals surface area contributed by atoms with Crippen LogP contribution in [0.1, 0.15) is 22.4 Å². The number of hydrogen-bond donors (Lipinski definition) is 2. The lowest BCUT2D eigenvalue weighted by Crippen LogP contribution is -2.28. The molecular formula is C25H23F3N4O. The van der Waals surface area contributed by atoms with Crippen molar-refractivity contribution in [1.82, 2.24) is 20.3 Å². The molecule has 5 nitrogen and oxygen atoms in total. The van der Waals surface area contributed by atoms with E-state index >= 15 is 0 Å². The number of nitrogens with one attached hydrogen (secondary N) is 2. The van der Waals surface area contributed by atoms with E-state index < -0.39 is 12.5 Å². The van der Waals surface area contributed by atoms with Gasteiger partial charge in [0, 0.05) is 23.8 Å². The summed E-state index contributed by atoms with van der Waals surface area (Å²) in [4.78, 5) is 20.7. The van der Waals surface area contributed by atoms with Crippen LogP contribution < -0.4 is 5.32 Å². The number of pyridine rings is 1. The number of halogens is 3. The highest BCUT2D eigenvalue weighted by Gasteiger charge is 2.25. The lowest BCUT2D eigenvalue weighted by molar-refractivity contribution is -0.156. The molecule has 2 heterocycles. The highest BCUT2D eigenvalue weighted by Crippen LogP contribution is 2.26. The van der Waals surface area contributed by atoms with Gasteiger partial charge in [-0.05, 0) is 48.1 Å². The van der Waals surface area contributed by atoms with Gasteiger partial charge in [-0.3, -0.25) is 4.79 Å². The Hall–Kier alpha value is -3.52. The van der Waals surface area contributed by atoms with E-state index in [0.29, 0.717) is 6.04 Å². The quantitative estimate of drug-likeness (QED) is 0.431. The third-order valence-corrected chi connectivity index (χ3v) is 5.64. The summed E-state index contributed by atoms with van der Waals surface area (Å²) < 4.78 is 31.2. The molecule has 170 valence electrons. The van der Waals surface area contributed by atoms with Gasteiger partial charge in [0.1, 0.15) is 0 Å². The number of nitrogens with zero attached hydrogens (tertiary/aromatic N) is 2. The molecule has 0 unspecified atom stereocenters. The minimum atomic E-state index is -4.64. The number of aldehydes is 1. The first kappa shape index (κ1) is 22.7. The molecule has 0 saturated carbocycles. The van der Waals surface area contributed by atoms with Crippen molar-refractivity contribution in [3.8, 4) is 11.1 Å². The summed E-state index contributed by atoms with van der Waals surface area (Å²) in [5.41, 5.74) is 9.37. The summed E-state index contributed by atoms with van der Waals surface area (Å²) in [5.74, 6) is 0. The van der Waals surface area contributed by atoms with Crippen molar-refractivity contribution >= 4 is 17.5 Å². The third-order valence-electron chi connectivity index (χ3n) is 5.64. The molecule has 2 aromatic carbocycles. The number of carbonyl (C=O) groups is 1. The number of hydrogen-bond acceptors (Lipinski definition) is 4. The second kappa shape index (κ2) is 9.54. The standard InChI is InChI=1S/C23H22N4.C2HF3O/c1-15-21(12-22-23(27-15)26-14-25-22)17-8-6-16(7-9-17)13-24-20-10-18-4-2-3-5-19(18)11-20;3-2(4,5)1-6/h2-9,12,14,20,24H,10-11,13H2,1H3,(H,25,26,27);1H. The molecule has 0 atom stereocenters. The topological polar surface area (TPSA) is 70.7 Å². The highest BCUT2D eigenvalue weighted by molar-refractivity contribution is 5.79. The Bertz CT molecular complexity index is 1220. The van der Waals surface area contributed by atoms with Crippen LogP contribution in [0.2, 0.25) is 0 Å². The molecule has 0 spiro atoms. The first-order valence-corrected chi connectivity index (χ1v) is 10.6. The molecular weight excluding hydrogens is 429 g/mol. The van der Waals surface area contributed by atoms with Gasteiger partial charge in [0.05, 0.1) is 11.8 Å². The monoisotopic (exact) mass is 452 g/mol. The second-order valence-corrected chi connectivity index (χ2v) is 8.01. The average Bonchev–Trinajstić information content (AvgIpc) is 3.43. The second-order valence-electron chi connectivity index (χ2n) is 8.01. The smallest absolute Gasteiger partial charge is 0.343 e. The van der Waals surface area contributed by atoms with Crippen molar-refractivity contribution < 1.29 is 18.0 Å². The first-order chi connectivity index (χ1) is 15.8. The van der Waals surface area contributed by atoms with Crippen LogP contribution in [0.25, 0.3) is 22.3 Å². The molecule has 0 saturated heterocycles. The number of imidazole rings is 1. The summed E-state index contributed by atoms with van der Waals surface area (Å²) >= 11 is 0. The maximum absolute atomic E-state index is 10.4. The van der Waals surface area contributed by atoms with Gasteiger partial charge in [0.2, 0.25) is 6.29 Å². The number of carbonyl (C=O) groups excluding carboxylic acids is 1. The molecule has 2 N–H and O–H groups in total. The van der Waals surface area contributed by atoms with E-state index in [1.165, 1.54) is 22.3 Å². The Morgan fingerprint density at radius 2 is 1.73 bits per heavy atom.